The second kappa shape index (κ2) is 7.14. The average Bonchev–Trinajstić information content (AvgIpc) is 2.62. The van der Waals surface area contributed by atoms with E-state index in [-0.39, 0.29) is 19.1 Å². The summed E-state index contributed by atoms with van der Waals surface area (Å²) in [4.78, 5) is 25.1. The Morgan fingerprint density at radius 2 is 1.71 bits per heavy atom. The zero-order valence-corrected chi connectivity index (χ0v) is 12.9. The average molecular weight is 327 g/mol. The van der Waals surface area contributed by atoms with Gasteiger partial charge in [-0.05, 0) is 36.4 Å². The van der Waals surface area contributed by atoms with E-state index in [0.717, 1.165) is 0 Å². The van der Waals surface area contributed by atoms with E-state index in [4.69, 9.17) is 9.47 Å². The third kappa shape index (κ3) is 3.55. The molecule has 0 radical (unpaired) electrons. The molecule has 0 unspecified atom stereocenters. The fourth-order valence-corrected chi connectivity index (χ4v) is 2.51. The minimum Gasteiger partial charge on any atom is -0.480 e. The van der Waals surface area contributed by atoms with E-state index in [0.29, 0.717) is 23.7 Å². The lowest BCUT2D eigenvalue weighted by Crippen LogP contribution is -2.52. The van der Waals surface area contributed by atoms with Crippen LogP contribution < -0.4 is 4.74 Å². The Hall–Kier alpha value is -2.86. The van der Waals surface area contributed by atoms with Crippen molar-refractivity contribution in [2.45, 2.75) is 6.04 Å². The molecule has 2 aromatic carbocycles. The molecule has 24 heavy (non-hydrogen) atoms. The van der Waals surface area contributed by atoms with Crippen LogP contribution in [-0.4, -0.2) is 47.7 Å². The number of carboxylic acid groups (broad SMARTS) is 1. The fraction of sp³-hybridized carbons (Fsp3) is 0.222. The second-order valence-electron chi connectivity index (χ2n) is 5.37. The molecule has 1 N–H and O–H groups in total. The number of carbonyl (C=O) groups excluding carboxylic acids is 1. The number of morpholine rings is 1. The Morgan fingerprint density at radius 1 is 1.04 bits per heavy atom. The van der Waals surface area contributed by atoms with Crippen molar-refractivity contribution in [1.29, 1.82) is 0 Å². The molecule has 1 aliphatic heterocycles. The monoisotopic (exact) mass is 327 g/mol. The Balaban J connectivity index is 1.72. The van der Waals surface area contributed by atoms with Crippen molar-refractivity contribution < 1.29 is 24.2 Å². The van der Waals surface area contributed by atoms with Crippen LogP contribution in [0, 0.1) is 0 Å². The van der Waals surface area contributed by atoms with E-state index in [1.807, 2.05) is 30.3 Å². The van der Waals surface area contributed by atoms with Crippen molar-refractivity contribution in [3.63, 3.8) is 0 Å². The van der Waals surface area contributed by atoms with Crippen molar-refractivity contribution in [3.05, 3.63) is 60.2 Å². The normalized spacial score (nSPS) is 17.3. The number of para-hydroxylation sites is 1. The largest absolute Gasteiger partial charge is 0.480 e. The van der Waals surface area contributed by atoms with Gasteiger partial charge in [-0.3, -0.25) is 4.79 Å². The topological polar surface area (TPSA) is 76.1 Å². The number of hydrogen-bond donors (Lipinski definition) is 1. The fourth-order valence-electron chi connectivity index (χ4n) is 2.51. The van der Waals surface area contributed by atoms with Crippen LogP contribution in [0.25, 0.3) is 0 Å². The Labute approximate surface area is 139 Å². The molecule has 1 atom stereocenters. The molecule has 1 fully saturated rings. The molecule has 2 aromatic rings. The number of rotatable bonds is 4. The minimum absolute atomic E-state index is 0.0102. The maximum Gasteiger partial charge on any atom is 0.328 e. The third-order valence-corrected chi connectivity index (χ3v) is 3.75. The molecule has 1 amide bonds. The maximum atomic E-state index is 12.6. The van der Waals surface area contributed by atoms with Crippen LogP contribution in [0.2, 0.25) is 0 Å². The van der Waals surface area contributed by atoms with Crippen LogP contribution in [0.3, 0.4) is 0 Å². The van der Waals surface area contributed by atoms with E-state index >= 15 is 0 Å². The van der Waals surface area contributed by atoms with Crippen molar-refractivity contribution in [3.8, 4) is 11.5 Å². The summed E-state index contributed by atoms with van der Waals surface area (Å²) in [6, 6.07) is 15.0. The van der Waals surface area contributed by atoms with Crippen molar-refractivity contribution >= 4 is 11.9 Å². The van der Waals surface area contributed by atoms with Gasteiger partial charge in [0, 0.05) is 12.1 Å². The number of aliphatic carboxylic acids is 1. The van der Waals surface area contributed by atoms with Crippen LogP contribution in [0.1, 0.15) is 10.4 Å². The molecule has 0 spiro atoms. The predicted octanol–water partition coefficient (Wildman–Crippen LogP) is 2.40. The standard InChI is InChI=1S/C18H17NO5/c20-17(19-10-11-23-12-16(19)18(21)22)13-6-8-15(9-7-13)24-14-4-2-1-3-5-14/h1-9,16H,10-12H2,(H,21,22)/t16-/m0/s1. The first-order chi connectivity index (χ1) is 11.6. The zero-order valence-electron chi connectivity index (χ0n) is 12.9. The van der Waals surface area contributed by atoms with Crippen LogP contribution in [0.15, 0.2) is 54.6 Å². The molecular formula is C18H17NO5. The van der Waals surface area contributed by atoms with E-state index in [9.17, 15) is 14.7 Å². The van der Waals surface area contributed by atoms with Gasteiger partial charge in [-0.1, -0.05) is 18.2 Å². The second-order valence-corrected chi connectivity index (χ2v) is 5.37. The molecule has 0 bridgehead atoms. The van der Waals surface area contributed by atoms with Gasteiger partial charge in [0.25, 0.3) is 5.91 Å². The predicted molar refractivity (Wildman–Crippen MR) is 86.2 cm³/mol. The highest BCUT2D eigenvalue weighted by Crippen LogP contribution is 2.22. The van der Waals surface area contributed by atoms with E-state index in [2.05, 4.69) is 0 Å². The summed E-state index contributed by atoms with van der Waals surface area (Å²) in [5, 5.41) is 9.22. The molecule has 0 saturated carbocycles. The van der Waals surface area contributed by atoms with E-state index in [1.165, 1.54) is 4.90 Å². The smallest absolute Gasteiger partial charge is 0.328 e. The van der Waals surface area contributed by atoms with Gasteiger partial charge >= 0.3 is 5.97 Å². The zero-order chi connectivity index (χ0) is 16.9. The highest BCUT2D eigenvalue weighted by molar-refractivity contribution is 5.96. The summed E-state index contributed by atoms with van der Waals surface area (Å²) < 4.78 is 10.8. The van der Waals surface area contributed by atoms with Gasteiger partial charge in [0.2, 0.25) is 0 Å². The first-order valence-electron chi connectivity index (χ1n) is 7.59. The molecule has 0 aromatic heterocycles. The first-order valence-corrected chi connectivity index (χ1v) is 7.59. The Kier molecular flexibility index (Phi) is 4.77. The molecular weight excluding hydrogens is 310 g/mol. The van der Waals surface area contributed by atoms with Gasteiger partial charge < -0.3 is 19.5 Å². The van der Waals surface area contributed by atoms with Crippen LogP contribution in [0.5, 0.6) is 11.5 Å². The maximum absolute atomic E-state index is 12.6. The van der Waals surface area contributed by atoms with Crippen LogP contribution in [0.4, 0.5) is 0 Å². The molecule has 1 saturated heterocycles. The highest BCUT2D eigenvalue weighted by atomic mass is 16.5. The summed E-state index contributed by atoms with van der Waals surface area (Å²) in [5.74, 6) is -0.0748. The molecule has 124 valence electrons. The highest BCUT2D eigenvalue weighted by Gasteiger charge is 2.33. The lowest BCUT2D eigenvalue weighted by molar-refractivity contribution is -0.147. The lowest BCUT2D eigenvalue weighted by atomic mass is 10.1. The number of carboxylic acids is 1. The van der Waals surface area contributed by atoms with Crippen molar-refractivity contribution in [2.75, 3.05) is 19.8 Å². The van der Waals surface area contributed by atoms with Crippen molar-refractivity contribution in [2.24, 2.45) is 0 Å². The molecule has 6 nitrogen and oxygen atoms in total. The van der Waals surface area contributed by atoms with Crippen molar-refractivity contribution in [1.82, 2.24) is 4.90 Å². The van der Waals surface area contributed by atoms with Gasteiger partial charge in [-0.25, -0.2) is 4.79 Å². The third-order valence-electron chi connectivity index (χ3n) is 3.75. The van der Waals surface area contributed by atoms with Crippen LogP contribution >= 0.6 is 0 Å². The Morgan fingerprint density at radius 3 is 2.38 bits per heavy atom. The van der Waals surface area contributed by atoms with Gasteiger partial charge in [0.15, 0.2) is 6.04 Å². The molecule has 6 heteroatoms. The number of ether oxygens (including phenoxy) is 2. The first kappa shape index (κ1) is 16.0. The van der Waals surface area contributed by atoms with Crippen LogP contribution in [-0.2, 0) is 9.53 Å². The molecule has 1 aliphatic rings. The number of benzene rings is 2. The molecule has 0 aliphatic carbocycles. The van der Waals surface area contributed by atoms with Gasteiger partial charge in [-0.2, -0.15) is 0 Å². The van der Waals surface area contributed by atoms with Gasteiger partial charge in [0.05, 0.1) is 13.2 Å². The number of carbonyl (C=O) groups is 2. The van der Waals surface area contributed by atoms with E-state index in [1.54, 1.807) is 24.3 Å². The van der Waals surface area contributed by atoms with E-state index < -0.39 is 12.0 Å². The number of amides is 1. The molecule has 3 rings (SSSR count). The number of hydrogen-bond acceptors (Lipinski definition) is 4. The summed E-state index contributed by atoms with van der Waals surface area (Å²) in [6.07, 6.45) is 0. The summed E-state index contributed by atoms with van der Waals surface area (Å²) >= 11 is 0. The van der Waals surface area contributed by atoms with Gasteiger partial charge in [-0.15, -0.1) is 0 Å². The number of nitrogens with zero attached hydrogens (tertiary/aromatic N) is 1. The molecule has 1 heterocycles. The van der Waals surface area contributed by atoms with Gasteiger partial charge in [0.1, 0.15) is 11.5 Å². The Bertz CT molecular complexity index is 714. The quantitative estimate of drug-likeness (QED) is 0.933. The lowest BCUT2D eigenvalue weighted by Gasteiger charge is -2.32. The summed E-state index contributed by atoms with van der Waals surface area (Å²) in [5.41, 5.74) is 0.420. The minimum atomic E-state index is -1.06. The SMILES string of the molecule is O=C(O)[C@@H]1COCCN1C(=O)c1ccc(Oc2ccccc2)cc1. The summed E-state index contributed by atoms with van der Waals surface area (Å²) in [7, 11) is 0. The summed E-state index contributed by atoms with van der Waals surface area (Å²) in [6.45, 7) is 0.610.